The molecule has 30 heavy (non-hydrogen) atoms. The quantitative estimate of drug-likeness (QED) is 0.463. The highest BCUT2D eigenvalue weighted by Gasteiger charge is 2.10. The molecule has 1 atom stereocenters. The van der Waals surface area contributed by atoms with E-state index in [0.29, 0.717) is 22.7 Å². The molecule has 0 bridgehead atoms. The largest absolute Gasteiger partial charge is 0.472 e. The number of aromatic nitrogens is 3. The van der Waals surface area contributed by atoms with Crippen LogP contribution < -0.4 is 10.6 Å². The Kier molecular flexibility index (Phi) is 5.98. The van der Waals surface area contributed by atoms with Gasteiger partial charge >= 0.3 is 6.03 Å². The molecule has 0 saturated heterocycles. The molecule has 4 rings (SSSR count). The lowest BCUT2D eigenvalue weighted by Gasteiger charge is -2.14. The van der Waals surface area contributed by atoms with E-state index >= 15 is 0 Å². The molecular weight excluding hydrogens is 378 g/mol. The van der Waals surface area contributed by atoms with Crippen molar-refractivity contribution in [3.63, 3.8) is 0 Å². The highest BCUT2D eigenvalue weighted by molar-refractivity contribution is 5.89. The van der Waals surface area contributed by atoms with Crippen LogP contribution in [0.5, 0.6) is 0 Å². The normalized spacial score (nSPS) is 11.9. The van der Waals surface area contributed by atoms with Crippen LogP contribution in [0, 0.1) is 0 Å². The molecule has 1 unspecified atom stereocenters. The van der Waals surface area contributed by atoms with E-state index in [0.717, 1.165) is 24.8 Å². The second kappa shape index (κ2) is 9.17. The van der Waals surface area contributed by atoms with Crippen molar-refractivity contribution < 1.29 is 9.21 Å². The number of pyridine rings is 1. The van der Waals surface area contributed by atoms with Gasteiger partial charge in [0.15, 0.2) is 5.65 Å². The summed E-state index contributed by atoms with van der Waals surface area (Å²) >= 11 is 0. The fourth-order valence-electron chi connectivity index (χ4n) is 3.22. The van der Waals surface area contributed by atoms with Crippen LogP contribution in [0.15, 0.2) is 71.7 Å². The summed E-state index contributed by atoms with van der Waals surface area (Å²) in [7, 11) is 0. The van der Waals surface area contributed by atoms with Gasteiger partial charge in [0.05, 0.1) is 24.4 Å². The van der Waals surface area contributed by atoms with Crippen molar-refractivity contribution in [2.75, 3.05) is 5.32 Å². The van der Waals surface area contributed by atoms with Crippen molar-refractivity contribution in [1.29, 1.82) is 0 Å². The second-order valence-corrected chi connectivity index (χ2v) is 7.18. The number of carbonyl (C=O) groups excluding carboxylic acids is 1. The summed E-state index contributed by atoms with van der Waals surface area (Å²) in [6, 6.07) is 15.4. The van der Waals surface area contributed by atoms with Crippen molar-refractivity contribution >= 4 is 23.0 Å². The SMILES string of the molecule is CC(CCCc1ccccc1)NC(=O)Nc1ccc2ncc(-c3ccoc3)nc2n1. The Balaban J connectivity index is 1.33. The van der Waals surface area contributed by atoms with Crippen LogP contribution >= 0.6 is 0 Å². The maximum atomic E-state index is 12.3. The highest BCUT2D eigenvalue weighted by Crippen LogP contribution is 2.19. The first-order valence-electron chi connectivity index (χ1n) is 9.95. The number of amides is 2. The third-order valence-corrected chi connectivity index (χ3v) is 4.79. The van der Waals surface area contributed by atoms with E-state index in [1.54, 1.807) is 30.9 Å². The lowest BCUT2D eigenvalue weighted by Crippen LogP contribution is -2.36. The molecule has 0 radical (unpaired) electrons. The molecule has 0 aliphatic carbocycles. The number of furan rings is 1. The number of rotatable bonds is 7. The predicted octanol–water partition coefficient (Wildman–Crippen LogP) is 4.82. The van der Waals surface area contributed by atoms with Crippen molar-refractivity contribution in [1.82, 2.24) is 20.3 Å². The number of hydrogen-bond acceptors (Lipinski definition) is 5. The van der Waals surface area contributed by atoms with Crippen molar-refractivity contribution in [3.05, 3.63) is 72.8 Å². The molecule has 0 fully saturated rings. The number of nitrogens with zero attached hydrogens (tertiary/aromatic N) is 3. The van der Waals surface area contributed by atoms with Gasteiger partial charge in [-0.05, 0) is 49.9 Å². The standard InChI is InChI=1S/C23H23N5O2/c1-16(6-5-9-17-7-3-2-4-8-17)25-23(29)28-21-11-10-19-22(27-21)26-20(14-24-19)18-12-13-30-15-18/h2-4,7-8,10-16H,5-6,9H2,1H3,(H2,25,26,27,28,29). The summed E-state index contributed by atoms with van der Waals surface area (Å²) in [6.07, 6.45) is 7.76. The van der Waals surface area contributed by atoms with Crippen LogP contribution in [0.3, 0.4) is 0 Å². The van der Waals surface area contributed by atoms with E-state index < -0.39 is 0 Å². The van der Waals surface area contributed by atoms with Crippen LogP contribution in [0.2, 0.25) is 0 Å². The molecular formula is C23H23N5O2. The summed E-state index contributed by atoms with van der Waals surface area (Å²) in [4.78, 5) is 25.6. The van der Waals surface area contributed by atoms with Crippen LogP contribution in [0.1, 0.15) is 25.3 Å². The number of anilines is 1. The Hall–Kier alpha value is -3.74. The van der Waals surface area contributed by atoms with Gasteiger partial charge in [-0.3, -0.25) is 10.3 Å². The number of fused-ring (bicyclic) bond motifs is 1. The Morgan fingerprint density at radius 1 is 1.10 bits per heavy atom. The number of nitrogens with one attached hydrogen (secondary N) is 2. The average Bonchev–Trinajstić information content (AvgIpc) is 3.29. The maximum Gasteiger partial charge on any atom is 0.320 e. The predicted molar refractivity (Wildman–Crippen MR) is 116 cm³/mol. The molecule has 3 heterocycles. The lowest BCUT2D eigenvalue weighted by atomic mass is 10.1. The minimum absolute atomic E-state index is 0.0571. The first-order chi connectivity index (χ1) is 14.7. The summed E-state index contributed by atoms with van der Waals surface area (Å²) in [6.45, 7) is 2.00. The van der Waals surface area contributed by atoms with Crippen LogP contribution in [0.4, 0.5) is 10.6 Å². The molecule has 0 saturated carbocycles. The fraction of sp³-hybridized carbons (Fsp3) is 0.217. The van der Waals surface area contributed by atoms with E-state index in [9.17, 15) is 4.79 Å². The van der Waals surface area contributed by atoms with Crippen LogP contribution in [-0.2, 0) is 6.42 Å². The number of hydrogen-bond donors (Lipinski definition) is 2. The van der Waals surface area contributed by atoms with E-state index in [1.165, 1.54) is 5.56 Å². The van der Waals surface area contributed by atoms with Gasteiger partial charge in [0.1, 0.15) is 11.3 Å². The third kappa shape index (κ3) is 5.00. The number of aryl methyl sites for hydroxylation is 1. The molecule has 3 aromatic heterocycles. The van der Waals surface area contributed by atoms with Crippen molar-refractivity contribution in [3.8, 4) is 11.3 Å². The molecule has 0 aliphatic heterocycles. The maximum absolute atomic E-state index is 12.3. The number of carbonyl (C=O) groups is 1. The lowest BCUT2D eigenvalue weighted by molar-refractivity contribution is 0.248. The zero-order valence-electron chi connectivity index (χ0n) is 16.7. The summed E-state index contributed by atoms with van der Waals surface area (Å²) in [5.74, 6) is 0.426. The molecule has 0 spiro atoms. The summed E-state index contributed by atoms with van der Waals surface area (Å²) in [5, 5.41) is 5.74. The molecule has 0 aliphatic rings. The van der Waals surface area contributed by atoms with Gasteiger partial charge in [-0.1, -0.05) is 30.3 Å². The highest BCUT2D eigenvalue weighted by atomic mass is 16.3. The topological polar surface area (TPSA) is 92.9 Å². The minimum atomic E-state index is -0.284. The molecule has 2 amide bonds. The van der Waals surface area contributed by atoms with Crippen LogP contribution in [-0.4, -0.2) is 27.0 Å². The smallest absolute Gasteiger partial charge is 0.320 e. The van der Waals surface area contributed by atoms with Crippen molar-refractivity contribution in [2.24, 2.45) is 0 Å². The van der Waals surface area contributed by atoms with Gasteiger partial charge in [-0.15, -0.1) is 0 Å². The third-order valence-electron chi connectivity index (χ3n) is 4.79. The molecule has 7 heteroatoms. The zero-order valence-corrected chi connectivity index (χ0v) is 16.7. The fourth-order valence-corrected chi connectivity index (χ4v) is 3.22. The molecule has 152 valence electrons. The summed E-state index contributed by atoms with van der Waals surface area (Å²) in [5.41, 5.74) is 3.92. The van der Waals surface area contributed by atoms with Gasteiger partial charge in [0.2, 0.25) is 0 Å². The van der Waals surface area contributed by atoms with Crippen LogP contribution in [0.25, 0.3) is 22.4 Å². The monoisotopic (exact) mass is 401 g/mol. The van der Waals surface area contributed by atoms with E-state index in [-0.39, 0.29) is 12.1 Å². The zero-order chi connectivity index (χ0) is 20.8. The Morgan fingerprint density at radius 2 is 1.97 bits per heavy atom. The van der Waals surface area contributed by atoms with Gasteiger partial charge < -0.3 is 9.73 Å². The minimum Gasteiger partial charge on any atom is -0.472 e. The number of urea groups is 1. The molecule has 1 aromatic carbocycles. The van der Waals surface area contributed by atoms with Gasteiger partial charge in [0, 0.05) is 11.6 Å². The van der Waals surface area contributed by atoms with Gasteiger partial charge in [0.25, 0.3) is 0 Å². The summed E-state index contributed by atoms with van der Waals surface area (Å²) < 4.78 is 5.09. The van der Waals surface area contributed by atoms with E-state index in [2.05, 4.69) is 37.7 Å². The number of benzene rings is 1. The first kappa shape index (κ1) is 19.6. The van der Waals surface area contributed by atoms with Gasteiger partial charge in [-0.25, -0.2) is 14.8 Å². The average molecular weight is 401 g/mol. The first-order valence-corrected chi connectivity index (χ1v) is 9.95. The Labute approximate surface area is 174 Å². The second-order valence-electron chi connectivity index (χ2n) is 7.18. The van der Waals surface area contributed by atoms with E-state index in [4.69, 9.17) is 4.42 Å². The molecule has 4 aromatic rings. The van der Waals surface area contributed by atoms with E-state index in [1.807, 2.05) is 31.2 Å². The Morgan fingerprint density at radius 3 is 2.77 bits per heavy atom. The van der Waals surface area contributed by atoms with Crippen molar-refractivity contribution in [2.45, 2.75) is 32.2 Å². The molecule has 7 nitrogen and oxygen atoms in total. The van der Waals surface area contributed by atoms with Gasteiger partial charge in [-0.2, -0.15) is 0 Å². The Bertz CT molecular complexity index is 1110. The molecule has 2 N–H and O–H groups in total.